The van der Waals surface area contributed by atoms with Crippen molar-refractivity contribution in [3.05, 3.63) is 83.4 Å². The number of ether oxygens (including phenoxy) is 1. The molecule has 6 heteroatoms. The van der Waals surface area contributed by atoms with Crippen molar-refractivity contribution in [2.45, 2.75) is 103 Å². The molecule has 2 aliphatic rings. The van der Waals surface area contributed by atoms with E-state index in [9.17, 15) is 14.3 Å². The highest BCUT2D eigenvalue weighted by Crippen LogP contribution is 2.51. The number of aromatic nitrogens is 1. The SMILES string of the molecule is CC(=O)N[C@@H](Cc1cc(F)cc(-c2ccncc2)c1)[C@H](O)CC[C@H]1CC2(CCC2)Oc2ccc(CC(C)(C)C)cc21. The summed E-state index contributed by atoms with van der Waals surface area (Å²) in [7, 11) is 0. The zero-order valence-corrected chi connectivity index (χ0v) is 24.8. The van der Waals surface area contributed by atoms with Gasteiger partial charge in [0.25, 0.3) is 0 Å². The number of benzene rings is 2. The second-order valence-corrected chi connectivity index (χ2v) is 13.4. The van der Waals surface area contributed by atoms with Crippen LogP contribution in [0.25, 0.3) is 11.1 Å². The molecule has 41 heavy (non-hydrogen) atoms. The van der Waals surface area contributed by atoms with Crippen molar-refractivity contribution in [1.29, 1.82) is 0 Å². The zero-order valence-electron chi connectivity index (χ0n) is 24.8. The summed E-state index contributed by atoms with van der Waals surface area (Å²) >= 11 is 0. The van der Waals surface area contributed by atoms with Crippen LogP contribution in [0.15, 0.2) is 60.9 Å². The number of nitrogens with zero attached hydrogens (tertiary/aromatic N) is 1. The van der Waals surface area contributed by atoms with E-state index in [4.69, 9.17) is 4.74 Å². The number of pyridine rings is 1. The first-order valence-electron chi connectivity index (χ1n) is 15.0. The molecule has 5 rings (SSSR count). The first-order valence-corrected chi connectivity index (χ1v) is 15.0. The predicted molar refractivity (Wildman–Crippen MR) is 160 cm³/mol. The normalized spacial score (nSPS) is 19.0. The standard InChI is InChI=1S/C35H43FN2O3/c1-23(39)38-31(19-25-16-28(20-29(36)17-25)26-10-14-37-15-11-26)32(40)8-7-27-22-35(12-5-13-35)41-33-9-6-24(18-30(27)33)21-34(2,3)4/h6,9-11,14-18,20,27,31-32,40H,5,7-8,12-13,19,21-22H2,1-4H3,(H,38,39)/t27-,31-,32+/m0/s1. The minimum Gasteiger partial charge on any atom is -0.487 e. The quantitative estimate of drug-likeness (QED) is 0.293. The second-order valence-electron chi connectivity index (χ2n) is 13.4. The van der Waals surface area contributed by atoms with E-state index in [1.54, 1.807) is 12.4 Å². The lowest BCUT2D eigenvalue weighted by Crippen LogP contribution is -2.47. The average Bonchev–Trinajstić information content (AvgIpc) is 2.89. The van der Waals surface area contributed by atoms with Crippen LogP contribution in [-0.4, -0.2) is 33.7 Å². The van der Waals surface area contributed by atoms with Crippen LogP contribution < -0.4 is 10.1 Å². The minimum atomic E-state index is -0.770. The topological polar surface area (TPSA) is 71.5 Å². The van der Waals surface area contributed by atoms with Crippen LogP contribution in [0.2, 0.25) is 0 Å². The number of carbonyl (C=O) groups excluding carboxylic acids is 1. The molecule has 3 atom stereocenters. The molecule has 0 unspecified atom stereocenters. The Labute approximate surface area is 243 Å². The Morgan fingerprint density at radius 1 is 1.10 bits per heavy atom. The molecule has 5 nitrogen and oxygen atoms in total. The van der Waals surface area contributed by atoms with Crippen molar-refractivity contribution in [3.63, 3.8) is 0 Å². The molecule has 1 aliphatic heterocycles. The van der Waals surface area contributed by atoms with E-state index in [0.717, 1.165) is 54.5 Å². The van der Waals surface area contributed by atoms with Gasteiger partial charge < -0.3 is 15.2 Å². The maximum absolute atomic E-state index is 14.6. The van der Waals surface area contributed by atoms with E-state index < -0.39 is 12.1 Å². The number of amides is 1. The van der Waals surface area contributed by atoms with Crippen molar-refractivity contribution in [2.24, 2.45) is 5.41 Å². The van der Waals surface area contributed by atoms with Crippen molar-refractivity contribution in [1.82, 2.24) is 10.3 Å². The summed E-state index contributed by atoms with van der Waals surface area (Å²) in [6.45, 7) is 8.21. The van der Waals surface area contributed by atoms with E-state index in [2.05, 4.69) is 49.3 Å². The lowest BCUT2D eigenvalue weighted by Gasteiger charge is -2.48. The van der Waals surface area contributed by atoms with Crippen molar-refractivity contribution in [3.8, 4) is 16.9 Å². The molecule has 2 heterocycles. The van der Waals surface area contributed by atoms with Crippen molar-refractivity contribution in [2.75, 3.05) is 0 Å². The highest BCUT2D eigenvalue weighted by atomic mass is 19.1. The number of nitrogens with one attached hydrogen (secondary N) is 1. The number of fused-ring (bicyclic) bond motifs is 1. The molecule has 1 saturated carbocycles. The second kappa shape index (κ2) is 11.9. The monoisotopic (exact) mass is 558 g/mol. The zero-order chi connectivity index (χ0) is 29.2. The fraction of sp³-hybridized carbons (Fsp3) is 0.486. The molecule has 3 aromatic rings. The first kappa shape index (κ1) is 29.2. The predicted octanol–water partition coefficient (Wildman–Crippen LogP) is 7.15. The maximum Gasteiger partial charge on any atom is 0.217 e. The van der Waals surface area contributed by atoms with Gasteiger partial charge in [-0.3, -0.25) is 9.78 Å². The van der Waals surface area contributed by atoms with Gasteiger partial charge in [-0.1, -0.05) is 39.0 Å². The van der Waals surface area contributed by atoms with Crippen LogP contribution in [0.5, 0.6) is 5.75 Å². The number of hydrogen-bond acceptors (Lipinski definition) is 4. The highest BCUT2D eigenvalue weighted by molar-refractivity contribution is 5.73. The Morgan fingerprint density at radius 2 is 1.85 bits per heavy atom. The van der Waals surface area contributed by atoms with Gasteiger partial charge in [0.2, 0.25) is 5.91 Å². The Balaban J connectivity index is 1.33. The van der Waals surface area contributed by atoms with Gasteiger partial charge in [-0.05, 0) is 121 Å². The minimum absolute atomic E-state index is 0.0872. The van der Waals surface area contributed by atoms with E-state index in [0.29, 0.717) is 12.8 Å². The third-order valence-corrected chi connectivity index (χ3v) is 8.55. The maximum atomic E-state index is 14.6. The summed E-state index contributed by atoms with van der Waals surface area (Å²) in [5.74, 6) is 0.700. The summed E-state index contributed by atoms with van der Waals surface area (Å²) in [4.78, 5) is 16.2. The van der Waals surface area contributed by atoms with Crippen molar-refractivity contribution >= 4 is 5.91 Å². The largest absolute Gasteiger partial charge is 0.487 e. The molecule has 2 N–H and O–H groups in total. The van der Waals surface area contributed by atoms with Crippen LogP contribution in [0.1, 0.15) is 88.8 Å². The molecule has 0 saturated heterocycles. The summed E-state index contributed by atoms with van der Waals surface area (Å²) in [6, 6.07) is 14.7. The van der Waals surface area contributed by atoms with Gasteiger partial charge in [0, 0.05) is 19.3 Å². The lowest BCUT2D eigenvalue weighted by atomic mass is 9.69. The number of aliphatic hydroxyl groups excluding tert-OH is 1. The molecule has 0 radical (unpaired) electrons. The van der Waals surface area contributed by atoms with Crippen LogP contribution in [0.4, 0.5) is 4.39 Å². The molecule has 1 spiro atoms. The number of carbonyl (C=O) groups is 1. The van der Waals surface area contributed by atoms with Gasteiger partial charge in [-0.2, -0.15) is 0 Å². The summed E-state index contributed by atoms with van der Waals surface area (Å²) in [6.07, 6.45) is 9.51. The highest BCUT2D eigenvalue weighted by Gasteiger charge is 2.45. The summed E-state index contributed by atoms with van der Waals surface area (Å²) < 4.78 is 21.2. The molecule has 0 bridgehead atoms. The van der Waals surface area contributed by atoms with Crippen molar-refractivity contribution < 1.29 is 19.0 Å². The Bertz CT molecular complexity index is 1360. The fourth-order valence-corrected chi connectivity index (χ4v) is 6.55. The number of aliphatic hydroxyl groups is 1. The van der Waals surface area contributed by atoms with Gasteiger partial charge in [0.15, 0.2) is 0 Å². The Hall–Kier alpha value is -3.25. The molecule has 218 valence electrons. The molecule has 2 aromatic carbocycles. The number of halogens is 1. The van der Waals surface area contributed by atoms with E-state index >= 15 is 0 Å². The molecule has 1 amide bonds. The average molecular weight is 559 g/mol. The number of hydrogen-bond donors (Lipinski definition) is 2. The molecular weight excluding hydrogens is 515 g/mol. The molecule has 1 aliphatic carbocycles. The Kier molecular flexibility index (Phi) is 8.51. The van der Waals surface area contributed by atoms with Gasteiger partial charge in [-0.15, -0.1) is 0 Å². The van der Waals surface area contributed by atoms with E-state index in [-0.39, 0.29) is 28.7 Å². The first-order chi connectivity index (χ1) is 19.5. The van der Waals surface area contributed by atoms with Gasteiger partial charge in [-0.25, -0.2) is 4.39 Å². The smallest absolute Gasteiger partial charge is 0.217 e. The van der Waals surface area contributed by atoms with Crippen LogP contribution in [0, 0.1) is 11.2 Å². The van der Waals surface area contributed by atoms with Gasteiger partial charge in [0.05, 0.1) is 12.1 Å². The molecule has 1 aromatic heterocycles. The van der Waals surface area contributed by atoms with Crippen LogP contribution in [-0.2, 0) is 17.6 Å². The summed E-state index contributed by atoms with van der Waals surface area (Å²) in [5, 5.41) is 14.4. The van der Waals surface area contributed by atoms with Crippen LogP contribution >= 0.6 is 0 Å². The van der Waals surface area contributed by atoms with E-state index in [1.165, 1.54) is 36.6 Å². The fourth-order valence-electron chi connectivity index (χ4n) is 6.55. The Morgan fingerprint density at radius 3 is 2.51 bits per heavy atom. The van der Waals surface area contributed by atoms with E-state index in [1.807, 2.05) is 18.2 Å². The van der Waals surface area contributed by atoms with Crippen LogP contribution in [0.3, 0.4) is 0 Å². The number of rotatable bonds is 9. The summed E-state index contributed by atoms with van der Waals surface area (Å²) in [5.41, 5.74) is 4.98. The molecule has 1 fully saturated rings. The third-order valence-electron chi connectivity index (χ3n) is 8.55. The van der Waals surface area contributed by atoms with Gasteiger partial charge in [0.1, 0.15) is 17.2 Å². The third kappa shape index (κ3) is 7.34. The molecular formula is C35H43FN2O3. The van der Waals surface area contributed by atoms with Gasteiger partial charge >= 0.3 is 0 Å². The lowest BCUT2D eigenvalue weighted by molar-refractivity contribution is -0.120.